The van der Waals surface area contributed by atoms with E-state index in [9.17, 15) is 75.0 Å². The number of carboxylic acid groups (broad SMARTS) is 1. The molecule has 0 heterocycles. The molecule has 0 aromatic rings. The number of hydrogen-bond acceptors (Lipinski definition) is 1. The number of rotatable bonds is 9. The predicted molar refractivity (Wildman–Crippen MR) is 66.6 cm³/mol. The quantitative estimate of drug-likeness (QED) is 0.306. The minimum absolute atomic E-state index is 0.00917. The Morgan fingerprint density at radius 3 is 1.10 bits per heavy atom. The van der Waals surface area contributed by atoms with E-state index in [1.165, 1.54) is 0 Å². The molecule has 1 N–H and O–H groups in total. The SMILES string of the molecule is C/C(=C\C(F)(F)C(F)(F)C(F)(F)C(F)(F)C(F)(F)C(F)(F)C(F)(F)C(C)(F)F)C(=O)O. The zero-order chi connectivity index (χ0) is 25.9. The van der Waals surface area contributed by atoms with E-state index in [2.05, 4.69) is 0 Å². The van der Waals surface area contributed by atoms with Gasteiger partial charge in [0.2, 0.25) is 0 Å². The number of aliphatic carboxylic acids is 1. The lowest BCUT2D eigenvalue weighted by atomic mass is 9.87. The molecule has 18 heteroatoms. The zero-order valence-corrected chi connectivity index (χ0v) is 14.5. The smallest absolute Gasteiger partial charge is 0.385 e. The van der Waals surface area contributed by atoms with Crippen molar-refractivity contribution in [3.8, 4) is 0 Å². The van der Waals surface area contributed by atoms with Gasteiger partial charge in [0.15, 0.2) is 0 Å². The van der Waals surface area contributed by atoms with Gasteiger partial charge in [-0.1, -0.05) is 0 Å². The molecular formula is C13H8F16O2. The van der Waals surface area contributed by atoms with Crippen LogP contribution < -0.4 is 0 Å². The number of alkyl halides is 16. The third-order valence-electron chi connectivity index (χ3n) is 3.68. The number of halogens is 16. The zero-order valence-electron chi connectivity index (χ0n) is 14.5. The summed E-state index contributed by atoms with van der Waals surface area (Å²) in [7, 11) is 0. The summed E-state index contributed by atoms with van der Waals surface area (Å²) in [6.07, 6.45) is -1.63. The maximum atomic E-state index is 13.4. The summed E-state index contributed by atoms with van der Waals surface area (Å²) in [4.78, 5) is 10.3. The highest BCUT2D eigenvalue weighted by molar-refractivity contribution is 5.86. The largest absolute Gasteiger partial charge is 0.478 e. The molecule has 0 amide bonds. The van der Waals surface area contributed by atoms with Gasteiger partial charge in [-0.2, -0.15) is 70.2 Å². The van der Waals surface area contributed by atoms with E-state index in [1.54, 1.807) is 0 Å². The van der Waals surface area contributed by atoms with Crippen molar-refractivity contribution in [2.75, 3.05) is 0 Å². The lowest BCUT2D eigenvalue weighted by Gasteiger charge is -2.43. The van der Waals surface area contributed by atoms with Crippen LogP contribution in [0, 0.1) is 0 Å². The summed E-state index contributed by atoms with van der Waals surface area (Å²) in [6.45, 7) is -1.23. The second-order valence-corrected chi connectivity index (χ2v) is 6.09. The average molecular weight is 500 g/mol. The molecule has 0 aliphatic rings. The second-order valence-electron chi connectivity index (χ2n) is 6.09. The summed E-state index contributed by atoms with van der Waals surface area (Å²) in [5.74, 6) is -64.5. The minimum atomic E-state index is -8.52. The molecule has 0 atom stereocenters. The molecule has 184 valence electrons. The fourth-order valence-electron chi connectivity index (χ4n) is 1.70. The standard InChI is InChI=1S/C13H8F16O2/c1-4(5(30)31)3-7(16,17)9(20,21)11(24,25)13(28,29)12(26,27)10(22,23)8(18,19)6(2,14)15/h3H,1-2H3,(H,30,31)/b4-3+. The van der Waals surface area contributed by atoms with Crippen LogP contribution in [0.25, 0.3) is 0 Å². The van der Waals surface area contributed by atoms with Gasteiger partial charge in [-0.25, -0.2) is 4.79 Å². The van der Waals surface area contributed by atoms with Crippen molar-refractivity contribution in [1.82, 2.24) is 0 Å². The van der Waals surface area contributed by atoms with Crippen LogP contribution >= 0.6 is 0 Å². The van der Waals surface area contributed by atoms with E-state index in [4.69, 9.17) is 5.11 Å². The van der Waals surface area contributed by atoms with Crippen molar-refractivity contribution in [3.05, 3.63) is 11.6 Å². The molecule has 0 radical (unpaired) electrons. The van der Waals surface area contributed by atoms with Gasteiger partial charge in [0.05, 0.1) is 0 Å². The lowest BCUT2D eigenvalue weighted by molar-refractivity contribution is -0.449. The summed E-state index contributed by atoms with van der Waals surface area (Å²) < 4.78 is 211. The molecule has 0 aromatic heterocycles. The number of carboxylic acids is 1. The number of carbonyl (C=O) groups is 1. The van der Waals surface area contributed by atoms with Gasteiger partial charge in [0.1, 0.15) is 0 Å². The monoisotopic (exact) mass is 500 g/mol. The third-order valence-corrected chi connectivity index (χ3v) is 3.68. The van der Waals surface area contributed by atoms with Gasteiger partial charge in [0, 0.05) is 18.6 Å². The van der Waals surface area contributed by atoms with Crippen molar-refractivity contribution in [2.45, 2.75) is 61.2 Å². The Hall–Kier alpha value is -1.91. The van der Waals surface area contributed by atoms with Gasteiger partial charge >= 0.3 is 53.3 Å². The van der Waals surface area contributed by atoms with Crippen LogP contribution in [-0.2, 0) is 4.79 Å². The van der Waals surface area contributed by atoms with E-state index in [0.717, 1.165) is 0 Å². The molecule has 31 heavy (non-hydrogen) atoms. The van der Waals surface area contributed by atoms with E-state index >= 15 is 0 Å². The molecule has 0 saturated heterocycles. The van der Waals surface area contributed by atoms with E-state index in [-0.39, 0.29) is 6.92 Å². The third kappa shape index (κ3) is 3.89. The van der Waals surface area contributed by atoms with Gasteiger partial charge in [-0.05, 0) is 6.92 Å². The normalized spacial score (nSPS) is 16.5. The van der Waals surface area contributed by atoms with Gasteiger partial charge in [-0.3, -0.25) is 0 Å². The van der Waals surface area contributed by atoms with Crippen LogP contribution in [0.2, 0.25) is 0 Å². The maximum Gasteiger partial charge on any atom is 0.385 e. The van der Waals surface area contributed by atoms with Crippen molar-refractivity contribution >= 4 is 5.97 Å². The van der Waals surface area contributed by atoms with Crippen molar-refractivity contribution < 1.29 is 80.1 Å². The molecule has 0 unspecified atom stereocenters. The molecule has 0 bridgehead atoms. The van der Waals surface area contributed by atoms with Gasteiger partial charge < -0.3 is 5.11 Å². The molecular weight excluding hydrogens is 492 g/mol. The molecule has 0 aliphatic carbocycles. The van der Waals surface area contributed by atoms with E-state index < -0.39 is 71.9 Å². The molecule has 0 saturated carbocycles. The Balaban J connectivity index is 6.83. The number of hydrogen-bond donors (Lipinski definition) is 1. The van der Waals surface area contributed by atoms with Crippen LogP contribution in [0.5, 0.6) is 0 Å². The predicted octanol–water partition coefficient (Wildman–Crippen LogP) is 6.12. The summed E-state index contributed by atoms with van der Waals surface area (Å²) in [5, 5.41) is 8.22. The highest BCUT2D eigenvalue weighted by Gasteiger charge is 2.94. The Morgan fingerprint density at radius 2 is 0.839 bits per heavy atom. The lowest BCUT2D eigenvalue weighted by Crippen LogP contribution is -2.74. The van der Waals surface area contributed by atoms with Crippen LogP contribution in [0.4, 0.5) is 70.2 Å². The van der Waals surface area contributed by atoms with Crippen LogP contribution in [0.3, 0.4) is 0 Å². The topological polar surface area (TPSA) is 37.3 Å². The molecule has 0 fully saturated rings. The second kappa shape index (κ2) is 7.31. The Labute approximate surface area is 160 Å². The van der Waals surface area contributed by atoms with Crippen molar-refractivity contribution in [2.24, 2.45) is 0 Å². The Morgan fingerprint density at radius 1 is 0.581 bits per heavy atom. The van der Waals surface area contributed by atoms with Gasteiger partial charge in [0.25, 0.3) is 0 Å². The first kappa shape index (κ1) is 29.1. The summed E-state index contributed by atoms with van der Waals surface area (Å²) >= 11 is 0. The molecule has 0 spiro atoms. The summed E-state index contributed by atoms with van der Waals surface area (Å²) in [6, 6.07) is 0. The van der Waals surface area contributed by atoms with Crippen LogP contribution in [0.1, 0.15) is 13.8 Å². The van der Waals surface area contributed by atoms with E-state index in [1.807, 2.05) is 0 Å². The molecule has 0 rings (SSSR count). The van der Waals surface area contributed by atoms with Crippen molar-refractivity contribution in [1.29, 1.82) is 0 Å². The minimum Gasteiger partial charge on any atom is -0.478 e. The highest BCUT2D eigenvalue weighted by atomic mass is 19.4. The molecule has 0 aliphatic heterocycles. The van der Waals surface area contributed by atoms with Crippen LogP contribution in [-0.4, -0.2) is 58.5 Å². The van der Waals surface area contributed by atoms with E-state index in [0.29, 0.717) is 0 Å². The Kier molecular flexibility index (Phi) is 6.86. The fraction of sp³-hybridized carbons (Fsp3) is 0.769. The average Bonchev–Trinajstić information content (AvgIpc) is 2.51. The molecule has 2 nitrogen and oxygen atoms in total. The first-order valence-electron chi connectivity index (χ1n) is 7.03. The maximum absolute atomic E-state index is 13.4. The first-order valence-corrected chi connectivity index (χ1v) is 7.03. The molecule has 0 aromatic carbocycles. The van der Waals surface area contributed by atoms with Crippen molar-refractivity contribution in [3.63, 3.8) is 0 Å². The van der Waals surface area contributed by atoms with Crippen LogP contribution in [0.15, 0.2) is 11.6 Å². The summed E-state index contributed by atoms with van der Waals surface area (Å²) in [5.41, 5.74) is -1.95. The highest BCUT2D eigenvalue weighted by Crippen LogP contribution is 2.63. The van der Waals surface area contributed by atoms with Gasteiger partial charge in [-0.15, -0.1) is 0 Å². The Bertz CT molecular complexity index is 730. The first-order chi connectivity index (χ1) is 13.1. The number of allylic oxidation sites excluding steroid dienone is 1. The fourth-order valence-corrected chi connectivity index (χ4v) is 1.70.